The highest BCUT2D eigenvalue weighted by Crippen LogP contribution is 2.28. The maximum Gasteiger partial charge on any atom is 0.326 e. The van der Waals surface area contributed by atoms with E-state index in [0.29, 0.717) is 31.2 Å². The lowest BCUT2D eigenvalue weighted by atomic mass is 9.96. The molecule has 0 spiro atoms. The number of aliphatic hydroxyl groups excluding tert-OH is 2. The van der Waals surface area contributed by atoms with Crippen LogP contribution in [0, 0.1) is 5.92 Å². The number of phenols is 1. The van der Waals surface area contributed by atoms with Crippen molar-refractivity contribution in [1.82, 2.24) is 52.3 Å². The van der Waals surface area contributed by atoms with E-state index in [-0.39, 0.29) is 69.0 Å². The zero-order chi connectivity index (χ0) is 60.1. The topological polar surface area (TPSA) is 441 Å². The van der Waals surface area contributed by atoms with E-state index in [1.165, 1.54) is 41.0 Å². The summed E-state index contributed by atoms with van der Waals surface area (Å²) >= 11 is 0. The fraction of sp³-hybridized carbons (Fsp3) is 0.647. The molecule has 0 saturated carbocycles. The third-order valence-corrected chi connectivity index (χ3v) is 16.5. The Morgan fingerprint density at radius 2 is 1.30 bits per heavy atom. The molecule has 0 unspecified atom stereocenters. The normalized spacial score (nSPS) is 26.5. The molecular weight excluding hydrogens is 1100 g/mol. The molecule has 4 rings (SSSR count). The standard InChI is InChI=1S/C51H78N12O16S2/c1-5-26(2)40-50(77)63-21-9-12-38(63)49(76)62-20-8-11-37(62)47(74)55-32(17-18-39(53)68)43(70)59-36(45(72)57-33(51(78)79)22-29-13-15-30(67)16-14-29)25-81-80-24-35(54-28(4)66)46(73)61-41(27(3)65)48(75)56-31(10-6-7-19-52)42(69)58-34(23-64)44(71)60-40/h13-16,26-27,31-38,40-41,64-65,67H,5-12,17-25,52H2,1-4H3,(H2,53,68)(H,54,66)(H,55,74)(H,56,75)(H,57,72)(H,58,69)(H,59,70)(H,60,71)(H,61,73)(H,78,79)/t26-,27+,31+,32+,33-,34-,35+,36+,37-,38-,40-,41-/m0/s1. The number of hydrogen-bond acceptors (Lipinski definition) is 18. The van der Waals surface area contributed by atoms with Crippen LogP contribution in [-0.2, 0) is 64.0 Å². The Kier molecular flexibility index (Phi) is 26.9. The second-order valence-corrected chi connectivity index (χ2v) is 22.8. The second kappa shape index (κ2) is 32.6. The molecule has 1 aromatic carbocycles. The predicted molar refractivity (Wildman–Crippen MR) is 295 cm³/mol. The molecule has 0 bridgehead atoms. The second-order valence-electron chi connectivity index (χ2n) is 20.3. The first-order valence-corrected chi connectivity index (χ1v) is 29.4. The zero-order valence-electron chi connectivity index (χ0n) is 45.8. The number of unbranched alkanes of at least 4 members (excludes halogenated alkanes) is 1. The van der Waals surface area contributed by atoms with E-state index in [1.54, 1.807) is 13.8 Å². The number of primary amides is 1. The van der Waals surface area contributed by atoms with Crippen molar-refractivity contribution >= 4 is 92.5 Å². The number of nitrogens with zero attached hydrogens (tertiary/aromatic N) is 2. The first kappa shape index (κ1) is 66.7. The van der Waals surface area contributed by atoms with Gasteiger partial charge in [-0.3, -0.25) is 52.7 Å². The van der Waals surface area contributed by atoms with Crippen molar-refractivity contribution in [3.8, 4) is 5.75 Å². The van der Waals surface area contributed by atoms with Gasteiger partial charge in [0.2, 0.25) is 65.0 Å². The quantitative estimate of drug-likeness (QED) is 0.0524. The molecule has 30 heteroatoms. The summed E-state index contributed by atoms with van der Waals surface area (Å²) in [4.78, 5) is 167. The molecule has 3 fully saturated rings. The number of fused-ring (bicyclic) bond motifs is 2. The van der Waals surface area contributed by atoms with Gasteiger partial charge in [0.05, 0.1) is 12.7 Å². The number of phenolic OH excluding ortho intramolecular Hbond substituents is 1. The number of benzene rings is 1. The van der Waals surface area contributed by atoms with Crippen LogP contribution in [-0.4, -0.2) is 205 Å². The number of carbonyl (C=O) groups is 12. The summed E-state index contributed by atoms with van der Waals surface area (Å²) in [6.45, 7) is 5.09. The fourth-order valence-electron chi connectivity index (χ4n) is 9.33. The number of aliphatic carboxylic acids is 1. The van der Waals surface area contributed by atoms with Crippen molar-refractivity contribution in [1.29, 1.82) is 0 Å². The van der Waals surface area contributed by atoms with Crippen LogP contribution in [0.15, 0.2) is 24.3 Å². The number of carboxylic acids is 1. The van der Waals surface area contributed by atoms with Gasteiger partial charge in [0.1, 0.15) is 66.2 Å². The van der Waals surface area contributed by atoms with E-state index < -0.39 is 163 Å². The molecular formula is C51H78N12O16S2. The number of aliphatic hydroxyl groups is 2. The van der Waals surface area contributed by atoms with Crippen LogP contribution >= 0.6 is 21.6 Å². The molecule has 3 saturated heterocycles. The predicted octanol–water partition coefficient (Wildman–Crippen LogP) is -3.89. The molecule has 12 atom stereocenters. The average molecular weight is 1180 g/mol. The molecule has 1 aromatic rings. The first-order valence-electron chi connectivity index (χ1n) is 26.9. The Balaban J connectivity index is 1.78. The monoisotopic (exact) mass is 1180 g/mol. The summed E-state index contributed by atoms with van der Waals surface area (Å²) in [5, 5.41) is 61.2. The third kappa shape index (κ3) is 20.0. The summed E-state index contributed by atoms with van der Waals surface area (Å²) in [6, 6.07) is -9.20. The smallest absolute Gasteiger partial charge is 0.326 e. The number of rotatable bonds is 17. The summed E-state index contributed by atoms with van der Waals surface area (Å²) in [7, 11) is 1.75. The molecule has 0 aliphatic carbocycles. The van der Waals surface area contributed by atoms with Crippen LogP contribution < -0.4 is 54.0 Å². The maximum atomic E-state index is 14.6. The number of carbonyl (C=O) groups excluding carboxylic acids is 11. The number of carboxylic acid groups (broad SMARTS) is 1. The minimum Gasteiger partial charge on any atom is -0.508 e. The lowest BCUT2D eigenvalue weighted by Crippen LogP contribution is -2.62. The van der Waals surface area contributed by atoms with Crippen LogP contribution in [0.5, 0.6) is 5.75 Å². The van der Waals surface area contributed by atoms with E-state index >= 15 is 0 Å². The number of amides is 11. The Hall–Kier alpha value is -6.76. The number of aromatic hydroxyl groups is 1. The maximum absolute atomic E-state index is 14.6. The van der Waals surface area contributed by atoms with Gasteiger partial charge < -0.3 is 84.2 Å². The zero-order valence-corrected chi connectivity index (χ0v) is 47.4. The van der Waals surface area contributed by atoms with E-state index in [2.05, 4.69) is 42.5 Å². The molecule has 450 valence electrons. The van der Waals surface area contributed by atoms with Crippen molar-refractivity contribution < 1.29 is 78.0 Å². The molecule has 11 amide bonds. The van der Waals surface area contributed by atoms with Gasteiger partial charge in [0, 0.05) is 44.4 Å². The highest BCUT2D eigenvalue weighted by Gasteiger charge is 2.45. The van der Waals surface area contributed by atoms with E-state index in [1.807, 2.05) is 0 Å². The molecule has 3 aliphatic heterocycles. The van der Waals surface area contributed by atoms with Crippen molar-refractivity contribution in [3.05, 3.63) is 29.8 Å². The van der Waals surface area contributed by atoms with Crippen LogP contribution in [0.3, 0.4) is 0 Å². The highest BCUT2D eigenvalue weighted by atomic mass is 33.1. The number of nitrogens with two attached hydrogens (primary N) is 2. The lowest BCUT2D eigenvalue weighted by Gasteiger charge is -2.35. The van der Waals surface area contributed by atoms with Crippen molar-refractivity contribution in [2.45, 2.75) is 165 Å². The summed E-state index contributed by atoms with van der Waals surface area (Å²) in [6.07, 6.45) is -0.828. The van der Waals surface area contributed by atoms with E-state index in [4.69, 9.17) is 11.5 Å². The Morgan fingerprint density at radius 3 is 1.89 bits per heavy atom. The minimum absolute atomic E-state index is 0.0703. The summed E-state index contributed by atoms with van der Waals surface area (Å²) in [5.74, 6) is -12.5. The first-order chi connectivity index (χ1) is 38.4. The van der Waals surface area contributed by atoms with Gasteiger partial charge in [0.15, 0.2) is 0 Å². The SMILES string of the molecule is CC[C@H](C)[C@@H]1NC(=O)[C@H](CO)NC(=O)[C@@H](CCCCN)NC(=O)[C@H]([C@@H](C)O)NC(=O)[C@H](NC(C)=O)CSSC[C@H](C(=O)N[C@@H](Cc2ccc(O)cc2)C(=O)O)NC(=O)[C@@H](CCC(N)=O)NC(=O)[C@@H]2CCCN2C(=O)[C@@H]2CCCN2C1=O. The van der Waals surface area contributed by atoms with Gasteiger partial charge in [-0.2, -0.15) is 0 Å². The molecule has 3 heterocycles. The Labute approximate surface area is 476 Å². The largest absolute Gasteiger partial charge is 0.508 e. The van der Waals surface area contributed by atoms with Gasteiger partial charge in [-0.05, 0) is 88.4 Å². The van der Waals surface area contributed by atoms with E-state index in [0.717, 1.165) is 28.5 Å². The fourth-order valence-corrected chi connectivity index (χ4v) is 11.7. The minimum atomic E-state index is -1.76. The van der Waals surface area contributed by atoms with Crippen molar-refractivity contribution in [3.63, 3.8) is 0 Å². The van der Waals surface area contributed by atoms with E-state index in [9.17, 15) is 78.0 Å². The van der Waals surface area contributed by atoms with Gasteiger partial charge in [0.25, 0.3) is 0 Å². The summed E-state index contributed by atoms with van der Waals surface area (Å²) in [5.41, 5.74) is 11.6. The molecule has 0 aromatic heterocycles. The summed E-state index contributed by atoms with van der Waals surface area (Å²) < 4.78 is 0. The molecule has 3 aliphatic rings. The van der Waals surface area contributed by atoms with Crippen LogP contribution in [0.1, 0.15) is 97.5 Å². The number of hydrogen-bond donors (Lipinski definition) is 14. The number of nitrogens with one attached hydrogen (secondary N) is 8. The molecule has 28 nitrogen and oxygen atoms in total. The van der Waals surface area contributed by atoms with Gasteiger partial charge in [-0.15, -0.1) is 0 Å². The third-order valence-electron chi connectivity index (χ3n) is 14.1. The van der Waals surface area contributed by atoms with Crippen LogP contribution in [0.25, 0.3) is 0 Å². The van der Waals surface area contributed by atoms with Gasteiger partial charge in [-0.25, -0.2) is 4.79 Å². The van der Waals surface area contributed by atoms with Gasteiger partial charge >= 0.3 is 5.97 Å². The average Bonchev–Trinajstić information content (AvgIpc) is 4.24. The van der Waals surface area contributed by atoms with Crippen molar-refractivity contribution in [2.75, 3.05) is 37.7 Å². The molecule has 81 heavy (non-hydrogen) atoms. The highest BCUT2D eigenvalue weighted by molar-refractivity contribution is 8.76. The Bertz CT molecular complexity index is 2420. The lowest BCUT2D eigenvalue weighted by molar-refractivity contribution is -0.149. The molecule has 0 radical (unpaired) electrons. The van der Waals surface area contributed by atoms with Gasteiger partial charge in [-0.1, -0.05) is 54.0 Å². The van der Waals surface area contributed by atoms with Crippen LogP contribution in [0.2, 0.25) is 0 Å². The Morgan fingerprint density at radius 1 is 0.728 bits per heavy atom. The molecule has 16 N–H and O–H groups in total. The van der Waals surface area contributed by atoms with Crippen LogP contribution in [0.4, 0.5) is 0 Å². The van der Waals surface area contributed by atoms with Crippen molar-refractivity contribution in [2.24, 2.45) is 17.4 Å².